The third-order valence-corrected chi connectivity index (χ3v) is 4.35. The van der Waals surface area contributed by atoms with Crippen LogP contribution in [0.15, 0.2) is 24.3 Å². The molecule has 5 heteroatoms. The molecule has 2 fully saturated rings. The predicted octanol–water partition coefficient (Wildman–Crippen LogP) is 2.01. The lowest BCUT2D eigenvalue weighted by molar-refractivity contribution is -0.141. The van der Waals surface area contributed by atoms with Crippen LogP contribution in [0.3, 0.4) is 0 Å². The third kappa shape index (κ3) is 2.77. The number of carbonyl (C=O) groups excluding carboxylic acids is 2. The minimum Gasteiger partial charge on any atom is -0.353 e. The number of rotatable bonds is 3. The SMILES string of the molecule is CN1C(=O)CC[C@@H](C(=O)NC2CC2)[C@H]1c1ccccc1F. The zero-order chi connectivity index (χ0) is 15.0. The second-order valence-corrected chi connectivity index (χ2v) is 5.90. The standard InChI is InChI=1S/C16H19FN2O2/c1-19-14(20)9-8-12(16(21)18-10-6-7-10)15(19)11-4-2-3-5-13(11)17/h2-5,10,12,15H,6-9H2,1H3,(H,18,21)/t12-,15-/m1/s1. The summed E-state index contributed by atoms with van der Waals surface area (Å²) in [6.07, 6.45) is 2.83. The van der Waals surface area contributed by atoms with Crippen LogP contribution in [0.2, 0.25) is 0 Å². The molecule has 3 rings (SSSR count). The third-order valence-electron chi connectivity index (χ3n) is 4.35. The first-order valence-electron chi connectivity index (χ1n) is 7.38. The molecule has 1 heterocycles. The van der Waals surface area contributed by atoms with Gasteiger partial charge in [0.2, 0.25) is 11.8 Å². The quantitative estimate of drug-likeness (QED) is 0.926. The van der Waals surface area contributed by atoms with Crippen molar-refractivity contribution >= 4 is 11.8 Å². The first kappa shape index (κ1) is 14.0. The van der Waals surface area contributed by atoms with Gasteiger partial charge in [0, 0.05) is 25.1 Å². The minimum absolute atomic E-state index is 0.0428. The highest BCUT2D eigenvalue weighted by atomic mass is 19.1. The number of piperidine rings is 1. The van der Waals surface area contributed by atoms with Crippen molar-refractivity contribution in [1.82, 2.24) is 10.2 Å². The average molecular weight is 290 g/mol. The molecule has 0 bridgehead atoms. The molecule has 1 aromatic carbocycles. The van der Waals surface area contributed by atoms with Gasteiger partial charge in [0.15, 0.2) is 0 Å². The Labute approximate surface area is 123 Å². The van der Waals surface area contributed by atoms with Crippen LogP contribution in [0, 0.1) is 11.7 Å². The van der Waals surface area contributed by atoms with Gasteiger partial charge >= 0.3 is 0 Å². The highest BCUT2D eigenvalue weighted by Crippen LogP contribution is 2.37. The number of nitrogens with one attached hydrogen (secondary N) is 1. The van der Waals surface area contributed by atoms with E-state index in [0.717, 1.165) is 12.8 Å². The number of carbonyl (C=O) groups is 2. The van der Waals surface area contributed by atoms with E-state index < -0.39 is 6.04 Å². The van der Waals surface area contributed by atoms with Gasteiger partial charge < -0.3 is 10.2 Å². The van der Waals surface area contributed by atoms with Gasteiger partial charge in [-0.1, -0.05) is 18.2 Å². The lowest BCUT2D eigenvalue weighted by atomic mass is 9.83. The van der Waals surface area contributed by atoms with Gasteiger partial charge in [0.1, 0.15) is 5.82 Å². The van der Waals surface area contributed by atoms with E-state index in [1.165, 1.54) is 11.0 Å². The van der Waals surface area contributed by atoms with Crippen molar-refractivity contribution in [2.24, 2.45) is 5.92 Å². The molecule has 1 saturated heterocycles. The summed E-state index contributed by atoms with van der Waals surface area (Å²) in [7, 11) is 1.65. The number of amides is 2. The molecule has 1 aliphatic heterocycles. The van der Waals surface area contributed by atoms with Crippen LogP contribution in [0.25, 0.3) is 0 Å². The summed E-state index contributed by atoms with van der Waals surface area (Å²) >= 11 is 0. The summed E-state index contributed by atoms with van der Waals surface area (Å²) in [5, 5.41) is 2.98. The smallest absolute Gasteiger partial charge is 0.225 e. The number of halogens is 1. The van der Waals surface area contributed by atoms with Crippen LogP contribution in [-0.4, -0.2) is 29.8 Å². The van der Waals surface area contributed by atoms with Crippen LogP contribution < -0.4 is 5.32 Å². The zero-order valence-corrected chi connectivity index (χ0v) is 12.0. The number of nitrogens with zero attached hydrogens (tertiary/aromatic N) is 1. The van der Waals surface area contributed by atoms with Crippen LogP contribution in [0.4, 0.5) is 4.39 Å². The van der Waals surface area contributed by atoms with E-state index in [9.17, 15) is 14.0 Å². The van der Waals surface area contributed by atoms with Crippen LogP contribution >= 0.6 is 0 Å². The Morgan fingerprint density at radius 1 is 1.29 bits per heavy atom. The van der Waals surface area contributed by atoms with Gasteiger partial charge in [-0.3, -0.25) is 9.59 Å². The van der Waals surface area contributed by atoms with Gasteiger partial charge in [-0.25, -0.2) is 4.39 Å². The van der Waals surface area contributed by atoms with Crippen LogP contribution in [0.1, 0.15) is 37.3 Å². The first-order chi connectivity index (χ1) is 10.1. The second-order valence-electron chi connectivity index (χ2n) is 5.90. The number of hydrogen-bond acceptors (Lipinski definition) is 2. The molecule has 112 valence electrons. The van der Waals surface area contributed by atoms with E-state index in [4.69, 9.17) is 0 Å². The summed E-state index contributed by atoms with van der Waals surface area (Å²) in [5.41, 5.74) is 0.420. The van der Waals surface area contributed by atoms with E-state index in [1.807, 2.05) is 0 Å². The number of benzene rings is 1. The summed E-state index contributed by atoms with van der Waals surface area (Å²) in [6.45, 7) is 0. The monoisotopic (exact) mass is 290 g/mol. The van der Waals surface area contributed by atoms with Crippen LogP contribution in [0.5, 0.6) is 0 Å². The fraction of sp³-hybridized carbons (Fsp3) is 0.500. The molecular weight excluding hydrogens is 271 g/mol. The molecule has 1 aliphatic carbocycles. The number of hydrogen-bond donors (Lipinski definition) is 1. The molecule has 4 nitrogen and oxygen atoms in total. The maximum Gasteiger partial charge on any atom is 0.225 e. The van der Waals surface area contributed by atoms with Crippen LogP contribution in [-0.2, 0) is 9.59 Å². The summed E-state index contributed by atoms with van der Waals surface area (Å²) in [6, 6.07) is 6.13. The Balaban J connectivity index is 1.91. The van der Waals surface area contributed by atoms with Crippen molar-refractivity contribution in [3.63, 3.8) is 0 Å². The molecule has 0 aromatic heterocycles. The molecular formula is C16H19FN2O2. The summed E-state index contributed by atoms with van der Waals surface area (Å²) in [4.78, 5) is 25.9. The van der Waals surface area contributed by atoms with Gasteiger partial charge in [-0.05, 0) is 25.3 Å². The Morgan fingerprint density at radius 2 is 2.00 bits per heavy atom. The molecule has 1 N–H and O–H groups in total. The highest BCUT2D eigenvalue weighted by Gasteiger charge is 2.41. The van der Waals surface area contributed by atoms with E-state index >= 15 is 0 Å². The molecule has 21 heavy (non-hydrogen) atoms. The fourth-order valence-electron chi connectivity index (χ4n) is 2.99. The molecule has 0 radical (unpaired) electrons. The van der Waals surface area contributed by atoms with Gasteiger partial charge in [-0.15, -0.1) is 0 Å². The van der Waals surface area contributed by atoms with Crippen molar-refractivity contribution in [2.45, 2.75) is 37.8 Å². The molecule has 2 atom stereocenters. The topological polar surface area (TPSA) is 49.4 Å². The first-order valence-corrected chi connectivity index (χ1v) is 7.38. The molecule has 2 aliphatic rings. The Bertz CT molecular complexity index is 571. The highest BCUT2D eigenvalue weighted by molar-refractivity contribution is 5.85. The number of likely N-dealkylation sites (tertiary alicyclic amines) is 1. The Kier molecular flexibility index (Phi) is 3.66. The van der Waals surface area contributed by atoms with E-state index in [2.05, 4.69) is 5.32 Å². The average Bonchev–Trinajstić information content (AvgIpc) is 3.26. The van der Waals surface area contributed by atoms with E-state index in [-0.39, 0.29) is 29.6 Å². The lowest BCUT2D eigenvalue weighted by Gasteiger charge is -2.38. The molecule has 0 unspecified atom stereocenters. The van der Waals surface area contributed by atoms with Gasteiger partial charge in [0.25, 0.3) is 0 Å². The van der Waals surface area contributed by atoms with Crippen molar-refractivity contribution in [2.75, 3.05) is 7.05 Å². The van der Waals surface area contributed by atoms with E-state index in [0.29, 0.717) is 18.4 Å². The normalized spacial score (nSPS) is 25.8. The Hall–Kier alpha value is -1.91. The second kappa shape index (κ2) is 5.47. The summed E-state index contributed by atoms with van der Waals surface area (Å²) in [5.74, 6) is -0.859. The maximum absolute atomic E-state index is 14.1. The minimum atomic E-state index is -0.522. The maximum atomic E-state index is 14.1. The summed E-state index contributed by atoms with van der Waals surface area (Å²) < 4.78 is 14.1. The molecule has 1 saturated carbocycles. The Morgan fingerprint density at radius 3 is 2.67 bits per heavy atom. The molecule has 1 aromatic rings. The van der Waals surface area contributed by atoms with E-state index in [1.54, 1.807) is 25.2 Å². The molecule has 2 amide bonds. The lowest BCUT2D eigenvalue weighted by Crippen LogP contribution is -2.47. The van der Waals surface area contributed by atoms with Gasteiger partial charge in [-0.2, -0.15) is 0 Å². The zero-order valence-electron chi connectivity index (χ0n) is 12.0. The van der Waals surface area contributed by atoms with Crippen molar-refractivity contribution in [1.29, 1.82) is 0 Å². The van der Waals surface area contributed by atoms with Crippen molar-refractivity contribution in [3.05, 3.63) is 35.6 Å². The largest absolute Gasteiger partial charge is 0.353 e. The van der Waals surface area contributed by atoms with Gasteiger partial charge in [0.05, 0.1) is 12.0 Å². The predicted molar refractivity (Wildman–Crippen MR) is 75.8 cm³/mol. The molecule has 0 spiro atoms. The van der Waals surface area contributed by atoms with Crippen molar-refractivity contribution in [3.8, 4) is 0 Å². The van der Waals surface area contributed by atoms with Crippen molar-refractivity contribution < 1.29 is 14.0 Å². The fourth-order valence-corrected chi connectivity index (χ4v) is 2.99.